The first-order chi connectivity index (χ1) is 9.65. The average Bonchev–Trinajstić information content (AvgIpc) is 2.43. The van der Waals surface area contributed by atoms with Crippen LogP contribution in [-0.4, -0.2) is 7.05 Å². The van der Waals surface area contributed by atoms with E-state index in [9.17, 15) is 0 Å². The highest BCUT2D eigenvalue weighted by Crippen LogP contribution is 2.29. The van der Waals surface area contributed by atoms with E-state index in [1.54, 1.807) is 0 Å². The van der Waals surface area contributed by atoms with Crippen LogP contribution in [0, 0.1) is 6.92 Å². The Balaban J connectivity index is 2.38. The van der Waals surface area contributed by atoms with Crippen molar-refractivity contribution < 1.29 is 0 Å². The van der Waals surface area contributed by atoms with Gasteiger partial charge in [-0.15, -0.1) is 0 Å². The molecule has 0 aliphatic rings. The quantitative estimate of drug-likeness (QED) is 0.811. The van der Waals surface area contributed by atoms with E-state index < -0.39 is 0 Å². The van der Waals surface area contributed by atoms with Crippen LogP contribution in [0.1, 0.15) is 41.6 Å². The SMILES string of the molecule is CCCc1cccc(C(NC)c2ccc(C)cc2Br)c1. The van der Waals surface area contributed by atoms with Crippen molar-refractivity contribution in [1.82, 2.24) is 5.32 Å². The minimum Gasteiger partial charge on any atom is -0.309 e. The fraction of sp³-hybridized carbons (Fsp3) is 0.333. The van der Waals surface area contributed by atoms with E-state index in [4.69, 9.17) is 0 Å². The Kier molecular flexibility index (Phi) is 5.38. The van der Waals surface area contributed by atoms with Crippen molar-refractivity contribution in [3.63, 3.8) is 0 Å². The zero-order valence-electron chi connectivity index (χ0n) is 12.4. The normalized spacial score (nSPS) is 12.4. The smallest absolute Gasteiger partial charge is 0.0585 e. The van der Waals surface area contributed by atoms with E-state index in [0.717, 1.165) is 10.9 Å². The van der Waals surface area contributed by atoms with Crippen LogP contribution in [0.5, 0.6) is 0 Å². The summed E-state index contributed by atoms with van der Waals surface area (Å²) in [5, 5.41) is 3.43. The summed E-state index contributed by atoms with van der Waals surface area (Å²) in [6.45, 7) is 4.34. The zero-order valence-corrected chi connectivity index (χ0v) is 14.0. The second kappa shape index (κ2) is 7.05. The van der Waals surface area contributed by atoms with E-state index >= 15 is 0 Å². The summed E-state index contributed by atoms with van der Waals surface area (Å²) in [5.74, 6) is 0. The molecule has 0 saturated heterocycles. The van der Waals surface area contributed by atoms with Gasteiger partial charge in [-0.1, -0.05) is 65.7 Å². The molecule has 20 heavy (non-hydrogen) atoms. The third kappa shape index (κ3) is 3.50. The molecule has 1 unspecified atom stereocenters. The lowest BCUT2D eigenvalue weighted by Gasteiger charge is -2.20. The molecule has 2 heteroatoms. The maximum atomic E-state index is 3.70. The third-order valence-corrected chi connectivity index (χ3v) is 4.27. The van der Waals surface area contributed by atoms with E-state index in [2.05, 4.69) is 77.6 Å². The Morgan fingerprint density at radius 3 is 2.60 bits per heavy atom. The number of hydrogen-bond acceptors (Lipinski definition) is 1. The molecule has 0 saturated carbocycles. The maximum Gasteiger partial charge on any atom is 0.0585 e. The van der Waals surface area contributed by atoms with Gasteiger partial charge in [0.1, 0.15) is 0 Å². The Bertz CT molecular complexity index is 577. The number of aryl methyl sites for hydroxylation is 2. The van der Waals surface area contributed by atoms with Crippen molar-refractivity contribution in [3.8, 4) is 0 Å². The highest BCUT2D eigenvalue weighted by atomic mass is 79.9. The second-order valence-corrected chi connectivity index (χ2v) is 6.10. The number of halogens is 1. The summed E-state index contributed by atoms with van der Waals surface area (Å²) in [6.07, 6.45) is 2.32. The predicted molar refractivity (Wildman–Crippen MR) is 90.2 cm³/mol. The molecule has 0 heterocycles. The summed E-state index contributed by atoms with van der Waals surface area (Å²) in [6, 6.07) is 15.7. The van der Waals surface area contributed by atoms with Crippen LogP contribution in [-0.2, 0) is 6.42 Å². The van der Waals surface area contributed by atoms with Crippen molar-refractivity contribution >= 4 is 15.9 Å². The molecule has 0 fully saturated rings. The van der Waals surface area contributed by atoms with Crippen LogP contribution >= 0.6 is 15.9 Å². The van der Waals surface area contributed by atoms with Crippen molar-refractivity contribution in [2.45, 2.75) is 32.7 Å². The molecule has 0 spiro atoms. The third-order valence-electron chi connectivity index (χ3n) is 3.58. The zero-order chi connectivity index (χ0) is 14.5. The van der Waals surface area contributed by atoms with Crippen LogP contribution < -0.4 is 5.32 Å². The number of benzene rings is 2. The molecule has 0 aliphatic heterocycles. The van der Waals surface area contributed by atoms with Gasteiger partial charge in [0, 0.05) is 4.47 Å². The molecule has 2 aromatic rings. The molecule has 1 N–H and O–H groups in total. The molecule has 0 radical (unpaired) electrons. The summed E-state index contributed by atoms with van der Waals surface area (Å²) in [5.41, 5.74) is 5.29. The van der Waals surface area contributed by atoms with Gasteiger partial charge in [-0.25, -0.2) is 0 Å². The molecule has 1 nitrogen and oxygen atoms in total. The molecule has 106 valence electrons. The lowest BCUT2D eigenvalue weighted by Crippen LogP contribution is -2.18. The van der Waals surface area contributed by atoms with Crippen LogP contribution in [0.25, 0.3) is 0 Å². The van der Waals surface area contributed by atoms with E-state index in [0.29, 0.717) is 0 Å². The molecule has 0 amide bonds. The molecule has 0 aliphatic carbocycles. The molecule has 2 aromatic carbocycles. The van der Waals surface area contributed by atoms with Crippen molar-refractivity contribution in [3.05, 3.63) is 69.2 Å². The number of nitrogens with one attached hydrogen (secondary N) is 1. The van der Waals surface area contributed by atoms with E-state index in [1.165, 1.54) is 28.7 Å². The monoisotopic (exact) mass is 331 g/mol. The Morgan fingerprint density at radius 1 is 1.15 bits per heavy atom. The number of rotatable bonds is 5. The van der Waals surface area contributed by atoms with Crippen LogP contribution in [0.3, 0.4) is 0 Å². The molecular weight excluding hydrogens is 310 g/mol. The van der Waals surface area contributed by atoms with Gasteiger partial charge >= 0.3 is 0 Å². The first-order valence-corrected chi connectivity index (χ1v) is 7.97. The molecule has 2 rings (SSSR count). The highest BCUT2D eigenvalue weighted by molar-refractivity contribution is 9.10. The topological polar surface area (TPSA) is 12.0 Å². The first kappa shape index (κ1) is 15.3. The summed E-state index contributed by atoms with van der Waals surface area (Å²) in [7, 11) is 2.02. The Labute approximate surface area is 130 Å². The van der Waals surface area contributed by atoms with Crippen LogP contribution in [0.2, 0.25) is 0 Å². The second-order valence-electron chi connectivity index (χ2n) is 5.24. The van der Waals surface area contributed by atoms with Gasteiger partial charge in [-0.2, -0.15) is 0 Å². The summed E-state index contributed by atoms with van der Waals surface area (Å²) >= 11 is 3.70. The minimum absolute atomic E-state index is 0.224. The minimum atomic E-state index is 0.224. The van der Waals surface area contributed by atoms with Gasteiger partial charge in [0.25, 0.3) is 0 Å². The summed E-state index contributed by atoms with van der Waals surface area (Å²) < 4.78 is 1.16. The highest BCUT2D eigenvalue weighted by Gasteiger charge is 2.15. The van der Waals surface area contributed by atoms with Crippen molar-refractivity contribution in [2.75, 3.05) is 7.05 Å². The van der Waals surface area contributed by atoms with Crippen molar-refractivity contribution in [2.24, 2.45) is 0 Å². The van der Waals surface area contributed by atoms with Gasteiger partial charge in [-0.3, -0.25) is 0 Å². The molecule has 0 aromatic heterocycles. The predicted octanol–water partition coefficient (Wildman–Crippen LogP) is 5.02. The first-order valence-electron chi connectivity index (χ1n) is 7.18. The Morgan fingerprint density at radius 2 is 1.95 bits per heavy atom. The molecular formula is C18H22BrN. The van der Waals surface area contributed by atoms with Crippen LogP contribution in [0.4, 0.5) is 0 Å². The van der Waals surface area contributed by atoms with Gasteiger partial charge in [-0.05, 0) is 48.7 Å². The Hall–Kier alpha value is -1.12. The van der Waals surface area contributed by atoms with E-state index in [-0.39, 0.29) is 6.04 Å². The lowest BCUT2D eigenvalue weighted by atomic mass is 9.95. The lowest BCUT2D eigenvalue weighted by molar-refractivity contribution is 0.687. The van der Waals surface area contributed by atoms with Gasteiger partial charge in [0.05, 0.1) is 6.04 Å². The largest absolute Gasteiger partial charge is 0.309 e. The van der Waals surface area contributed by atoms with Gasteiger partial charge in [0.15, 0.2) is 0 Å². The van der Waals surface area contributed by atoms with Gasteiger partial charge in [0.2, 0.25) is 0 Å². The van der Waals surface area contributed by atoms with Crippen LogP contribution in [0.15, 0.2) is 46.9 Å². The van der Waals surface area contributed by atoms with Gasteiger partial charge < -0.3 is 5.32 Å². The fourth-order valence-corrected chi connectivity index (χ4v) is 3.31. The maximum absolute atomic E-state index is 3.70. The van der Waals surface area contributed by atoms with Crippen molar-refractivity contribution in [1.29, 1.82) is 0 Å². The fourth-order valence-electron chi connectivity index (χ4n) is 2.58. The molecule has 0 bridgehead atoms. The van der Waals surface area contributed by atoms with E-state index in [1.807, 2.05) is 7.05 Å². The molecule has 1 atom stereocenters. The summed E-state index contributed by atoms with van der Waals surface area (Å²) in [4.78, 5) is 0. The number of hydrogen-bond donors (Lipinski definition) is 1. The average molecular weight is 332 g/mol. The standard InChI is InChI=1S/C18H22BrN/c1-4-6-14-7-5-8-15(12-14)18(20-3)16-10-9-13(2)11-17(16)19/h5,7-12,18,20H,4,6H2,1-3H3.